The third-order valence-electron chi connectivity index (χ3n) is 5.21. The van der Waals surface area contributed by atoms with Crippen LogP contribution in [0.2, 0.25) is 0 Å². The van der Waals surface area contributed by atoms with Crippen LogP contribution in [-0.4, -0.2) is 33.8 Å². The minimum Gasteiger partial charge on any atom is -0.317 e. The van der Waals surface area contributed by atoms with Crippen LogP contribution in [0.4, 0.5) is 5.95 Å². The van der Waals surface area contributed by atoms with Gasteiger partial charge >= 0.3 is 0 Å². The Morgan fingerprint density at radius 3 is 2.59 bits per heavy atom. The first kappa shape index (κ1) is 21.4. The Morgan fingerprint density at radius 1 is 1.30 bits per heavy atom. The van der Waals surface area contributed by atoms with Crippen LogP contribution in [0, 0.1) is 6.92 Å². The lowest BCUT2D eigenvalue weighted by molar-refractivity contribution is -0.116. The lowest BCUT2D eigenvalue weighted by atomic mass is 9.92. The van der Waals surface area contributed by atoms with Gasteiger partial charge in [-0.25, -0.2) is 4.68 Å². The summed E-state index contributed by atoms with van der Waals surface area (Å²) >= 11 is 0. The second kappa shape index (κ2) is 9.85. The fourth-order valence-electron chi connectivity index (χ4n) is 3.50. The maximum atomic E-state index is 12.6. The highest BCUT2D eigenvalue weighted by molar-refractivity contribution is 5.89. The SMILES string of the molecule is CCC(CC(=O)Nc1nc(C2CCNCC2)nn1C)c1ccc(C)cc1.Cl. The maximum Gasteiger partial charge on any atom is 0.227 e. The molecule has 1 aliphatic rings. The Hall–Kier alpha value is -1.92. The van der Waals surface area contributed by atoms with E-state index in [-0.39, 0.29) is 24.2 Å². The van der Waals surface area contributed by atoms with Crippen molar-refractivity contribution in [2.45, 2.75) is 51.4 Å². The van der Waals surface area contributed by atoms with Crippen molar-refractivity contribution in [3.8, 4) is 0 Å². The number of halogens is 1. The molecule has 0 spiro atoms. The molecule has 1 unspecified atom stereocenters. The summed E-state index contributed by atoms with van der Waals surface area (Å²) in [6.07, 6.45) is 3.47. The van der Waals surface area contributed by atoms with E-state index in [1.807, 2.05) is 7.05 Å². The van der Waals surface area contributed by atoms with E-state index < -0.39 is 0 Å². The van der Waals surface area contributed by atoms with Crippen molar-refractivity contribution in [2.24, 2.45) is 7.05 Å². The van der Waals surface area contributed by atoms with Gasteiger partial charge in [-0.3, -0.25) is 10.1 Å². The standard InChI is InChI=1S/C20H29N5O.ClH/c1-4-15(16-7-5-14(2)6-8-16)13-18(26)22-20-23-19(24-25(20)3)17-9-11-21-12-10-17;/h5-8,15,17,21H,4,9-13H2,1-3H3,(H,22,23,24,26);1H. The van der Waals surface area contributed by atoms with Gasteiger partial charge in [0.25, 0.3) is 0 Å². The minimum absolute atomic E-state index is 0. The molecule has 27 heavy (non-hydrogen) atoms. The molecule has 6 nitrogen and oxygen atoms in total. The summed E-state index contributed by atoms with van der Waals surface area (Å²) in [5.41, 5.74) is 2.44. The molecule has 0 aliphatic carbocycles. The monoisotopic (exact) mass is 391 g/mol. The van der Waals surface area contributed by atoms with Crippen LogP contribution in [0.15, 0.2) is 24.3 Å². The van der Waals surface area contributed by atoms with Gasteiger partial charge in [0.05, 0.1) is 0 Å². The maximum absolute atomic E-state index is 12.6. The zero-order chi connectivity index (χ0) is 18.5. The number of amides is 1. The minimum atomic E-state index is -0.00946. The Balaban J connectivity index is 0.00000261. The first-order chi connectivity index (χ1) is 12.6. The molecule has 1 aromatic heterocycles. The molecule has 1 aromatic carbocycles. The van der Waals surface area contributed by atoms with E-state index in [4.69, 9.17) is 0 Å². The van der Waals surface area contributed by atoms with Crippen LogP contribution < -0.4 is 10.6 Å². The number of hydrogen-bond donors (Lipinski definition) is 2. The number of hydrogen-bond acceptors (Lipinski definition) is 4. The summed E-state index contributed by atoms with van der Waals surface area (Å²) in [5, 5.41) is 10.8. The number of piperidine rings is 1. The predicted octanol–water partition coefficient (Wildman–Crippen LogP) is 3.53. The van der Waals surface area contributed by atoms with E-state index in [1.54, 1.807) is 4.68 Å². The van der Waals surface area contributed by atoms with Crippen molar-refractivity contribution in [1.82, 2.24) is 20.1 Å². The van der Waals surface area contributed by atoms with Crippen LogP contribution in [-0.2, 0) is 11.8 Å². The number of carbonyl (C=O) groups is 1. The summed E-state index contributed by atoms with van der Waals surface area (Å²) in [5.74, 6) is 1.97. The molecule has 0 radical (unpaired) electrons. The average Bonchev–Trinajstić information content (AvgIpc) is 3.02. The number of anilines is 1. The Morgan fingerprint density at radius 2 is 1.96 bits per heavy atom. The van der Waals surface area contributed by atoms with Crippen molar-refractivity contribution < 1.29 is 4.79 Å². The quantitative estimate of drug-likeness (QED) is 0.790. The summed E-state index contributed by atoms with van der Waals surface area (Å²) < 4.78 is 1.68. The molecule has 1 fully saturated rings. The lowest BCUT2D eigenvalue weighted by Gasteiger charge is -2.19. The van der Waals surface area contributed by atoms with Crippen LogP contribution in [0.3, 0.4) is 0 Å². The van der Waals surface area contributed by atoms with Gasteiger partial charge in [0.2, 0.25) is 11.9 Å². The van der Waals surface area contributed by atoms with Gasteiger partial charge in [-0.05, 0) is 50.8 Å². The van der Waals surface area contributed by atoms with Gasteiger partial charge < -0.3 is 5.32 Å². The molecule has 0 bridgehead atoms. The number of aryl methyl sites for hydroxylation is 2. The number of nitrogens with one attached hydrogen (secondary N) is 2. The molecule has 1 saturated heterocycles. The van der Waals surface area contributed by atoms with Gasteiger partial charge in [-0.2, -0.15) is 10.1 Å². The first-order valence-electron chi connectivity index (χ1n) is 9.55. The lowest BCUT2D eigenvalue weighted by Crippen LogP contribution is -2.27. The summed E-state index contributed by atoms with van der Waals surface area (Å²) in [7, 11) is 1.84. The molecular weight excluding hydrogens is 362 g/mol. The van der Waals surface area contributed by atoms with Crippen molar-refractivity contribution in [3.05, 3.63) is 41.2 Å². The average molecular weight is 392 g/mol. The smallest absolute Gasteiger partial charge is 0.227 e. The fourth-order valence-corrected chi connectivity index (χ4v) is 3.50. The molecule has 3 rings (SSSR count). The third-order valence-corrected chi connectivity index (χ3v) is 5.21. The summed E-state index contributed by atoms with van der Waals surface area (Å²) in [6.45, 7) is 6.19. The van der Waals surface area contributed by atoms with Gasteiger partial charge in [-0.15, -0.1) is 12.4 Å². The molecular formula is C20H30ClN5O. The van der Waals surface area contributed by atoms with Crippen LogP contribution in [0.5, 0.6) is 0 Å². The van der Waals surface area contributed by atoms with Gasteiger partial charge in [-0.1, -0.05) is 36.8 Å². The molecule has 148 valence electrons. The first-order valence-corrected chi connectivity index (χ1v) is 9.55. The molecule has 0 saturated carbocycles. The van der Waals surface area contributed by atoms with Crippen LogP contribution in [0.25, 0.3) is 0 Å². The van der Waals surface area contributed by atoms with E-state index in [9.17, 15) is 4.79 Å². The highest BCUT2D eigenvalue weighted by Crippen LogP contribution is 2.25. The van der Waals surface area contributed by atoms with Crippen LogP contribution >= 0.6 is 12.4 Å². The highest BCUT2D eigenvalue weighted by Gasteiger charge is 2.22. The third kappa shape index (κ3) is 5.53. The van der Waals surface area contributed by atoms with E-state index in [0.717, 1.165) is 38.2 Å². The Bertz CT molecular complexity index is 737. The van der Waals surface area contributed by atoms with Gasteiger partial charge in [0.15, 0.2) is 5.82 Å². The zero-order valence-corrected chi connectivity index (χ0v) is 17.2. The number of aromatic nitrogens is 3. The normalized spacial score (nSPS) is 15.8. The van der Waals surface area contributed by atoms with E-state index in [1.165, 1.54) is 11.1 Å². The van der Waals surface area contributed by atoms with E-state index in [0.29, 0.717) is 18.3 Å². The zero-order valence-electron chi connectivity index (χ0n) is 16.4. The molecule has 2 heterocycles. The van der Waals surface area contributed by atoms with Crippen molar-refractivity contribution >= 4 is 24.3 Å². The second-order valence-electron chi connectivity index (χ2n) is 7.21. The van der Waals surface area contributed by atoms with Crippen molar-refractivity contribution in [3.63, 3.8) is 0 Å². The number of rotatable bonds is 6. The molecule has 1 amide bonds. The molecule has 2 N–H and O–H groups in total. The van der Waals surface area contributed by atoms with E-state index in [2.05, 4.69) is 58.8 Å². The summed E-state index contributed by atoms with van der Waals surface area (Å²) in [6, 6.07) is 8.44. The molecule has 2 aromatic rings. The van der Waals surface area contributed by atoms with E-state index >= 15 is 0 Å². The molecule has 1 aliphatic heterocycles. The highest BCUT2D eigenvalue weighted by atomic mass is 35.5. The topological polar surface area (TPSA) is 71.8 Å². The second-order valence-corrected chi connectivity index (χ2v) is 7.21. The van der Waals surface area contributed by atoms with Gasteiger partial charge in [0.1, 0.15) is 0 Å². The Labute approximate surface area is 167 Å². The van der Waals surface area contributed by atoms with Crippen molar-refractivity contribution in [1.29, 1.82) is 0 Å². The number of carbonyl (C=O) groups excluding carboxylic acids is 1. The Kier molecular flexibility index (Phi) is 7.80. The number of nitrogens with zero attached hydrogens (tertiary/aromatic N) is 3. The van der Waals surface area contributed by atoms with Crippen molar-refractivity contribution in [2.75, 3.05) is 18.4 Å². The van der Waals surface area contributed by atoms with Gasteiger partial charge in [0, 0.05) is 19.4 Å². The molecule has 7 heteroatoms. The molecule has 1 atom stereocenters. The predicted molar refractivity (Wildman–Crippen MR) is 111 cm³/mol. The fraction of sp³-hybridized carbons (Fsp3) is 0.550. The largest absolute Gasteiger partial charge is 0.317 e. The number of benzene rings is 1. The van der Waals surface area contributed by atoms with Crippen LogP contribution in [0.1, 0.15) is 61.4 Å². The summed E-state index contributed by atoms with van der Waals surface area (Å²) in [4.78, 5) is 17.1.